The molecule has 0 aliphatic heterocycles. The zero-order chi connectivity index (χ0) is 61.4. The molecule has 2 aromatic heterocycles. The van der Waals surface area contributed by atoms with E-state index >= 15 is 0 Å². The van der Waals surface area contributed by atoms with Crippen molar-refractivity contribution in [2.75, 3.05) is 0 Å². The Morgan fingerprint density at radius 3 is 0.978 bits per heavy atom. The monoisotopic (exact) mass is 1180 g/mol. The first-order chi connectivity index (χ1) is 46.1. The average Bonchev–Trinajstić information content (AvgIpc) is 1.58. The fourth-order valence-corrected chi connectivity index (χ4v) is 15.4. The first kappa shape index (κ1) is 53.9. The van der Waals surface area contributed by atoms with E-state index < -0.39 is 5.41 Å². The van der Waals surface area contributed by atoms with Gasteiger partial charge in [-0.15, -0.1) is 0 Å². The molecule has 15 aromatic carbocycles. The second-order valence-electron chi connectivity index (χ2n) is 24.7. The summed E-state index contributed by atoms with van der Waals surface area (Å²) in [6.45, 7) is 0. The largest absolute Gasteiger partial charge is 0.309 e. The quantitative estimate of drug-likeness (QED) is 0.122. The van der Waals surface area contributed by atoms with Crippen LogP contribution in [0.15, 0.2) is 364 Å². The third-order valence-corrected chi connectivity index (χ3v) is 19.6. The predicted octanol–water partition coefficient (Wildman–Crippen LogP) is 23.9. The molecule has 0 saturated carbocycles. The average molecular weight is 1180 g/mol. The van der Waals surface area contributed by atoms with Gasteiger partial charge in [0.2, 0.25) is 0 Å². The van der Waals surface area contributed by atoms with Crippen molar-refractivity contribution in [3.8, 4) is 100 Å². The van der Waals surface area contributed by atoms with Crippen LogP contribution in [0.25, 0.3) is 144 Å². The molecule has 0 unspecified atom stereocenters. The third-order valence-electron chi connectivity index (χ3n) is 19.6. The van der Waals surface area contributed by atoms with Crippen LogP contribution < -0.4 is 0 Å². The summed E-state index contributed by atoms with van der Waals surface area (Å²) in [4.78, 5) is 0. The third kappa shape index (κ3) is 8.86. The number of rotatable bonds is 11. The van der Waals surface area contributed by atoms with Gasteiger partial charge in [0.05, 0.1) is 38.9 Å². The number of para-hydroxylation sites is 4. The van der Waals surface area contributed by atoms with E-state index in [1.165, 1.54) is 161 Å². The molecule has 2 heterocycles. The zero-order valence-electron chi connectivity index (χ0n) is 51.0. The maximum atomic E-state index is 2.46. The van der Waals surface area contributed by atoms with E-state index in [4.69, 9.17) is 0 Å². The van der Waals surface area contributed by atoms with Gasteiger partial charge in [0, 0.05) is 32.7 Å². The van der Waals surface area contributed by atoms with Crippen LogP contribution >= 0.6 is 0 Å². The standard InChI is InChI=1S/C91H60N2/c1-3-22-61(23-4-1)67-26-19-27-68(56-67)70-29-21-31-74(58-70)91(83-38-13-7-34-77(83)78-35-8-14-39-84(78)91)73-30-20-28-69(57-73)64-46-44-62(45-47-64)63-48-50-66(51-49-63)76-33-10-16-41-86(76)93-88-43-18-12-37-80(88)82-60-72(53-55-90(82)93)71-52-54-89-81(59-71)79-36-11-17-42-87(79)92(89)85-40-15-9-32-75(85)65-24-5-2-6-25-65/h1-60H. The maximum Gasteiger partial charge on any atom is 0.0713 e. The van der Waals surface area contributed by atoms with Gasteiger partial charge in [0.15, 0.2) is 0 Å². The second-order valence-corrected chi connectivity index (χ2v) is 24.7. The fraction of sp³-hybridized carbons (Fsp3) is 0.0110. The van der Waals surface area contributed by atoms with Gasteiger partial charge in [0.1, 0.15) is 0 Å². The summed E-state index contributed by atoms with van der Waals surface area (Å²) >= 11 is 0. The number of hydrogen-bond donors (Lipinski definition) is 0. The molecule has 434 valence electrons. The van der Waals surface area contributed by atoms with Crippen LogP contribution in [0, 0.1) is 0 Å². The Morgan fingerprint density at radius 1 is 0.172 bits per heavy atom. The molecule has 1 aliphatic carbocycles. The number of nitrogens with zero attached hydrogens (tertiary/aromatic N) is 2. The molecular weight excluding hydrogens is 1120 g/mol. The van der Waals surface area contributed by atoms with E-state index in [-0.39, 0.29) is 0 Å². The lowest BCUT2D eigenvalue weighted by Crippen LogP contribution is -2.28. The topological polar surface area (TPSA) is 9.86 Å². The minimum absolute atomic E-state index is 0.555. The van der Waals surface area contributed by atoms with Gasteiger partial charge in [-0.1, -0.05) is 297 Å². The molecule has 0 radical (unpaired) electrons. The molecule has 0 saturated heterocycles. The first-order valence-corrected chi connectivity index (χ1v) is 32.2. The smallest absolute Gasteiger partial charge is 0.0713 e. The lowest BCUT2D eigenvalue weighted by Gasteiger charge is -2.34. The molecule has 0 atom stereocenters. The molecule has 17 aromatic rings. The van der Waals surface area contributed by atoms with Crippen LogP contribution in [0.3, 0.4) is 0 Å². The normalized spacial score (nSPS) is 12.4. The summed E-state index contributed by atoms with van der Waals surface area (Å²) < 4.78 is 4.90. The van der Waals surface area contributed by atoms with Gasteiger partial charge in [-0.2, -0.15) is 0 Å². The summed E-state index contributed by atoms with van der Waals surface area (Å²) in [6.07, 6.45) is 0. The Morgan fingerprint density at radius 2 is 0.473 bits per heavy atom. The van der Waals surface area contributed by atoms with Gasteiger partial charge in [-0.05, 0) is 167 Å². The van der Waals surface area contributed by atoms with Crippen LogP contribution in [-0.2, 0) is 5.41 Å². The molecule has 0 bridgehead atoms. The van der Waals surface area contributed by atoms with Crippen LogP contribution in [0.2, 0.25) is 0 Å². The molecule has 93 heavy (non-hydrogen) atoms. The summed E-state index contributed by atoms with van der Waals surface area (Å²) in [6, 6.07) is 135. The first-order valence-electron chi connectivity index (χ1n) is 32.2. The summed E-state index contributed by atoms with van der Waals surface area (Å²) in [5.41, 5.74) is 30.8. The molecule has 1 aliphatic rings. The van der Waals surface area contributed by atoms with Gasteiger partial charge in [0.25, 0.3) is 0 Å². The van der Waals surface area contributed by atoms with Crippen LogP contribution in [-0.4, -0.2) is 9.13 Å². The fourth-order valence-electron chi connectivity index (χ4n) is 15.4. The van der Waals surface area contributed by atoms with E-state index in [1.54, 1.807) is 0 Å². The van der Waals surface area contributed by atoms with Crippen molar-refractivity contribution in [2.45, 2.75) is 5.41 Å². The van der Waals surface area contributed by atoms with E-state index in [0.717, 1.165) is 5.69 Å². The highest BCUT2D eigenvalue weighted by molar-refractivity contribution is 6.13. The van der Waals surface area contributed by atoms with Gasteiger partial charge in [-0.25, -0.2) is 0 Å². The Kier molecular flexibility index (Phi) is 12.8. The highest BCUT2D eigenvalue weighted by atomic mass is 15.0. The molecule has 0 N–H and O–H groups in total. The molecule has 0 amide bonds. The summed E-state index contributed by atoms with van der Waals surface area (Å²) in [5, 5.41) is 4.92. The summed E-state index contributed by atoms with van der Waals surface area (Å²) in [5.74, 6) is 0. The van der Waals surface area contributed by atoms with Crippen molar-refractivity contribution in [1.29, 1.82) is 0 Å². The maximum absolute atomic E-state index is 2.46. The van der Waals surface area contributed by atoms with E-state index in [9.17, 15) is 0 Å². The predicted molar refractivity (Wildman–Crippen MR) is 390 cm³/mol. The molecule has 2 nitrogen and oxygen atoms in total. The highest BCUT2D eigenvalue weighted by Gasteiger charge is 2.46. The van der Waals surface area contributed by atoms with Crippen molar-refractivity contribution in [1.82, 2.24) is 9.13 Å². The zero-order valence-corrected chi connectivity index (χ0v) is 51.0. The Hall–Kier alpha value is -12.1. The van der Waals surface area contributed by atoms with Crippen LogP contribution in [0.4, 0.5) is 0 Å². The van der Waals surface area contributed by atoms with Gasteiger partial charge >= 0.3 is 0 Å². The van der Waals surface area contributed by atoms with Gasteiger partial charge in [-0.3, -0.25) is 0 Å². The summed E-state index contributed by atoms with van der Waals surface area (Å²) in [7, 11) is 0. The second kappa shape index (κ2) is 22.1. The minimum atomic E-state index is -0.555. The lowest BCUT2D eigenvalue weighted by atomic mass is 9.67. The SMILES string of the molecule is c1ccc(-c2cccc(-c3cccc(C4(c5cccc(-c6ccc(-c7ccc(-c8ccccc8-n8c9ccccc9c9cc(-c%10ccc%11c(c%10)c%10ccccc%10n%11-c%10ccccc%10-c%10ccccc%10)ccc98)cc7)cc6)c5)c5ccccc5-c5ccccc54)c3)c2)cc1. The van der Waals surface area contributed by atoms with E-state index in [1.807, 2.05) is 0 Å². The van der Waals surface area contributed by atoms with E-state index in [2.05, 4.69) is 373 Å². The van der Waals surface area contributed by atoms with E-state index in [0.29, 0.717) is 0 Å². The number of aromatic nitrogens is 2. The van der Waals surface area contributed by atoms with Crippen molar-refractivity contribution in [3.63, 3.8) is 0 Å². The molecule has 0 spiro atoms. The Balaban J connectivity index is 0.665. The molecule has 2 heteroatoms. The lowest BCUT2D eigenvalue weighted by molar-refractivity contribution is 0.769. The number of benzene rings is 15. The number of fused-ring (bicyclic) bond motifs is 9. The van der Waals surface area contributed by atoms with Crippen molar-refractivity contribution in [3.05, 3.63) is 386 Å². The minimum Gasteiger partial charge on any atom is -0.309 e. The Bertz CT molecular complexity index is 5680. The molecule has 18 rings (SSSR count). The number of hydrogen-bond acceptors (Lipinski definition) is 0. The van der Waals surface area contributed by atoms with Crippen LogP contribution in [0.5, 0.6) is 0 Å². The Labute approximate surface area is 541 Å². The molecule has 0 fully saturated rings. The van der Waals surface area contributed by atoms with Crippen molar-refractivity contribution in [2.24, 2.45) is 0 Å². The highest BCUT2D eigenvalue weighted by Crippen LogP contribution is 2.57. The van der Waals surface area contributed by atoms with Crippen LogP contribution in [0.1, 0.15) is 22.3 Å². The molecular formula is C91H60N2. The van der Waals surface area contributed by atoms with Crippen molar-refractivity contribution < 1.29 is 0 Å². The van der Waals surface area contributed by atoms with Gasteiger partial charge < -0.3 is 9.13 Å². The van der Waals surface area contributed by atoms with Crippen molar-refractivity contribution >= 4 is 43.6 Å².